The highest BCUT2D eigenvalue weighted by molar-refractivity contribution is 5.94. The van der Waals surface area contributed by atoms with Gasteiger partial charge in [-0.15, -0.1) is 0 Å². The fraction of sp³-hybridized carbons (Fsp3) is 0.222. The third-order valence-electron chi connectivity index (χ3n) is 3.70. The molecule has 1 unspecified atom stereocenters. The van der Waals surface area contributed by atoms with Crippen molar-refractivity contribution >= 4 is 28.9 Å². The number of anilines is 2. The topological polar surface area (TPSA) is 115 Å². The summed E-state index contributed by atoms with van der Waals surface area (Å²) >= 11 is 0. The van der Waals surface area contributed by atoms with Gasteiger partial charge in [-0.3, -0.25) is 19.7 Å². The third-order valence-corrected chi connectivity index (χ3v) is 3.70. The highest BCUT2D eigenvalue weighted by atomic mass is 19.1. The summed E-state index contributed by atoms with van der Waals surface area (Å²) in [5.74, 6) is -1.08. The van der Waals surface area contributed by atoms with E-state index in [-0.39, 0.29) is 36.1 Å². The van der Waals surface area contributed by atoms with Crippen molar-refractivity contribution in [3.8, 4) is 5.75 Å². The Morgan fingerprint density at radius 1 is 1.14 bits per heavy atom. The van der Waals surface area contributed by atoms with Crippen molar-refractivity contribution in [3.05, 3.63) is 58.4 Å². The molecule has 10 heteroatoms. The Kier molecular flexibility index (Phi) is 6.99. The van der Waals surface area contributed by atoms with Crippen LogP contribution in [0.2, 0.25) is 0 Å². The summed E-state index contributed by atoms with van der Waals surface area (Å²) in [5.41, 5.74) is 0.458. The van der Waals surface area contributed by atoms with Crippen molar-refractivity contribution in [2.45, 2.75) is 0 Å². The molecule has 2 aromatic carbocycles. The molecule has 2 amide bonds. The van der Waals surface area contributed by atoms with Crippen LogP contribution in [0.4, 0.5) is 21.5 Å². The number of ether oxygens (including phenoxy) is 1. The van der Waals surface area contributed by atoms with Crippen LogP contribution in [-0.4, -0.2) is 44.0 Å². The lowest BCUT2D eigenvalue weighted by Gasteiger charge is -2.15. The van der Waals surface area contributed by atoms with Gasteiger partial charge in [0.25, 0.3) is 17.5 Å². The number of quaternary nitrogens is 1. The SMILES string of the molecule is COc1cc([N+](=O)[O-])ccc1NC(=O)C[NH+](C)CC(=O)Nc1cccc(F)c1. The summed E-state index contributed by atoms with van der Waals surface area (Å²) in [4.78, 5) is 35.0. The first-order valence-corrected chi connectivity index (χ1v) is 8.27. The Labute approximate surface area is 160 Å². The van der Waals surface area contributed by atoms with E-state index >= 15 is 0 Å². The summed E-state index contributed by atoms with van der Waals surface area (Å²) in [5, 5.41) is 16.0. The second-order valence-corrected chi connectivity index (χ2v) is 6.06. The van der Waals surface area contributed by atoms with E-state index < -0.39 is 16.6 Å². The van der Waals surface area contributed by atoms with E-state index in [1.165, 1.54) is 43.5 Å². The van der Waals surface area contributed by atoms with Crippen LogP contribution in [0, 0.1) is 15.9 Å². The molecule has 1 atom stereocenters. The highest BCUT2D eigenvalue weighted by Crippen LogP contribution is 2.28. The fourth-order valence-corrected chi connectivity index (χ4v) is 2.47. The molecule has 0 aliphatic rings. The molecule has 0 fully saturated rings. The van der Waals surface area contributed by atoms with Crippen LogP contribution < -0.4 is 20.3 Å². The molecule has 3 N–H and O–H groups in total. The maximum Gasteiger partial charge on any atom is 0.279 e. The number of rotatable bonds is 8. The minimum absolute atomic E-state index is 0.0126. The monoisotopic (exact) mass is 391 g/mol. The number of halogens is 1. The number of carbonyl (C=O) groups is 2. The van der Waals surface area contributed by atoms with Crippen LogP contribution in [0.5, 0.6) is 5.75 Å². The van der Waals surface area contributed by atoms with Crippen molar-refractivity contribution in [3.63, 3.8) is 0 Å². The largest absolute Gasteiger partial charge is 0.494 e. The molecule has 9 nitrogen and oxygen atoms in total. The Hall–Kier alpha value is -3.53. The molecule has 0 bridgehead atoms. The summed E-state index contributed by atoms with van der Waals surface area (Å²) in [6, 6.07) is 9.34. The Balaban J connectivity index is 1.90. The van der Waals surface area contributed by atoms with Gasteiger partial charge in [0, 0.05) is 11.8 Å². The minimum Gasteiger partial charge on any atom is -0.494 e. The van der Waals surface area contributed by atoms with E-state index in [1.807, 2.05) is 0 Å². The van der Waals surface area contributed by atoms with E-state index in [9.17, 15) is 24.1 Å². The quantitative estimate of drug-likeness (QED) is 0.456. The zero-order valence-corrected chi connectivity index (χ0v) is 15.3. The van der Waals surface area contributed by atoms with Crippen molar-refractivity contribution in [2.75, 3.05) is 37.9 Å². The first kappa shape index (κ1) is 20.8. The van der Waals surface area contributed by atoms with Gasteiger partial charge in [0.15, 0.2) is 13.1 Å². The van der Waals surface area contributed by atoms with Gasteiger partial charge < -0.3 is 20.3 Å². The maximum absolute atomic E-state index is 13.1. The third kappa shape index (κ3) is 6.02. The number of likely N-dealkylation sites (N-methyl/N-ethyl adjacent to an activating group) is 1. The zero-order chi connectivity index (χ0) is 20.7. The number of hydrogen-bond donors (Lipinski definition) is 3. The lowest BCUT2D eigenvalue weighted by molar-refractivity contribution is -0.862. The van der Waals surface area contributed by atoms with Gasteiger partial charge in [-0.05, 0) is 24.3 Å². The van der Waals surface area contributed by atoms with Crippen LogP contribution >= 0.6 is 0 Å². The molecule has 0 heterocycles. The van der Waals surface area contributed by atoms with Gasteiger partial charge in [0.2, 0.25) is 0 Å². The Bertz CT molecular complexity index is 890. The number of amides is 2. The smallest absolute Gasteiger partial charge is 0.279 e. The molecule has 0 radical (unpaired) electrons. The number of nitrogens with one attached hydrogen (secondary N) is 3. The van der Waals surface area contributed by atoms with E-state index in [4.69, 9.17) is 4.74 Å². The van der Waals surface area contributed by atoms with Gasteiger partial charge in [-0.25, -0.2) is 4.39 Å². The van der Waals surface area contributed by atoms with Crippen molar-refractivity contribution < 1.29 is 28.5 Å². The second-order valence-electron chi connectivity index (χ2n) is 6.06. The number of carbonyl (C=O) groups excluding carboxylic acids is 2. The normalized spacial score (nSPS) is 11.4. The van der Waals surface area contributed by atoms with Crippen LogP contribution in [0.25, 0.3) is 0 Å². The lowest BCUT2D eigenvalue weighted by Crippen LogP contribution is -3.11. The number of benzene rings is 2. The number of methoxy groups -OCH3 is 1. The number of non-ortho nitro benzene ring substituents is 1. The van der Waals surface area contributed by atoms with Crippen molar-refractivity contribution in [1.29, 1.82) is 0 Å². The number of nitro benzene ring substituents is 1. The summed E-state index contributed by atoms with van der Waals surface area (Å²) < 4.78 is 18.2. The van der Waals surface area contributed by atoms with E-state index in [0.29, 0.717) is 10.6 Å². The predicted molar refractivity (Wildman–Crippen MR) is 99.9 cm³/mol. The molecule has 0 aliphatic heterocycles. The average molecular weight is 391 g/mol. The van der Waals surface area contributed by atoms with E-state index in [2.05, 4.69) is 10.6 Å². The molecular weight excluding hydrogens is 371 g/mol. The number of nitrogens with zero attached hydrogens (tertiary/aromatic N) is 1. The predicted octanol–water partition coefficient (Wildman–Crippen LogP) is 0.834. The molecule has 0 saturated carbocycles. The summed E-state index contributed by atoms with van der Waals surface area (Å²) in [6.07, 6.45) is 0. The average Bonchev–Trinajstić information content (AvgIpc) is 2.61. The summed E-state index contributed by atoms with van der Waals surface area (Å²) in [6.45, 7) is -0.0436. The summed E-state index contributed by atoms with van der Waals surface area (Å²) in [7, 11) is 2.99. The molecule has 28 heavy (non-hydrogen) atoms. The Morgan fingerprint density at radius 2 is 1.82 bits per heavy atom. The Morgan fingerprint density at radius 3 is 2.43 bits per heavy atom. The number of nitro groups is 1. The van der Waals surface area contributed by atoms with Crippen LogP contribution in [-0.2, 0) is 9.59 Å². The molecule has 148 valence electrons. The van der Waals surface area contributed by atoms with Gasteiger partial charge in [-0.1, -0.05) is 6.07 Å². The molecule has 2 rings (SSSR count). The van der Waals surface area contributed by atoms with Crippen molar-refractivity contribution in [1.82, 2.24) is 0 Å². The second kappa shape index (κ2) is 9.42. The van der Waals surface area contributed by atoms with Gasteiger partial charge >= 0.3 is 0 Å². The van der Waals surface area contributed by atoms with Crippen LogP contribution in [0.15, 0.2) is 42.5 Å². The molecule has 0 aliphatic carbocycles. The first-order chi connectivity index (χ1) is 13.3. The molecule has 0 spiro atoms. The molecule has 0 aromatic heterocycles. The molecule has 2 aromatic rings. The minimum atomic E-state index is -0.566. The van der Waals surface area contributed by atoms with E-state index in [1.54, 1.807) is 13.1 Å². The van der Waals surface area contributed by atoms with Crippen LogP contribution in [0.1, 0.15) is 0 Å². The lowest BCUT2D eigenvalue weighted by atomic mass is 10.2. The fourth-order valence-electron chi connectivity index (χ4n) is 2.47. The molecule has 0 saturated heterocycles. The van der Waals surface area contributed by atoms with Gasteiger partial charge in [-0.2, -0.15) is 0 Å². The maximum atomic E-state index is 13.1. The van der Waals surface area contributed by atoms with Gasteiger partial charge in [0.05, 0.1) is 30.8 Å². The number of hydrogen-bond acceptors (Lipinski definition) is 5. The van der Waals surface area contributed by atoms with Gasteiger partial charge in [0.1, 0.15) is 11.6 Å². The van der Waals surface area contributed by atoms with E-state index in [0.717, 1.165) is 0 Å². The highest BCUT2D eigenvalue weighted by Gasteiger charge is 2.17. The zero-order valence-electron chi connectivity index (χ0n) is 15.3. The first-order valence-electron chi connectivity index (χ1n) is 8.27. The molecular formula is C18H20FN4O5+. The standard InChI is InChI=1S/C18H19FN4O5/c1-22(10-17(24)20-13-5-3-4-12(19)8-13)11-18(25)21-15-7-6-14(23(26)27)9-16(15)28-2/h3-9H,10-11H2,1-2H3,(H,20,24)(H,21,25)/p+1. The van der Waals surface area contributed by atoms with Crippen molar-refractivity contribution in [2.24, 2.45) is 0 Å². The van der Waals surface area contributed by atoms with Crippen LogP contribution in [0.3, 0.4) is 0 Å².